The molecule has 0 unspecified atom stereocenters. The summed E-state index contributed by atoms with van der Waals surface area (Å²) < 4.78 is 0. The minimum atomic E-state index is 0.655. The molecule has 2 rings (SSSR count). The second-order valence-corrected chi connectivity index (χ2v) is 4.67. The number of hydrogen-bond donors (Lipinski definition) is 2. The van der Waals surface area contributed by atoms with Crippen molar-refractivity contribution in [2.24, 2.45) is 0 Å². The molecule has 2 N–H and O–H groups in total. The summed E-state index contributed by atoms with van der Waals surface area (Å²) in [5, 5.41) is 3.36. The molecule has 1 aliphatic rings. The lowest BCUT2D eigenvalue weighted by Gasteiger charge is -2.26. The molecule has 1 saturated carbocycles. The second kappa shape index (κ2) is 4.35. The summed E-state index contributed by atoms with van der Waals surface area (Å²) in [5.41, 5.74) is 2.38. The fourth-order valence-corrected chi connectivity index (χ4v) is 2.42. The maximum Gasteiger partial charge on any atom is 0.109 e. The highest BCUT2D eigenvalue weighted by Crippen LogP contribution is 2.31. The van der Waals surface area contributed by atoms with Crippen molar-refractivity contribution < 1.29 is 0 Å². The first-order chi connectivity index (χ1) is 7.20. The number of aryl methyl sites for hydroxylation is 2. The Kier molecular flexibility index (Phi) is 3.10. The van der Waals surface area contributed by atoms with E-state index in [2.05, 4.69) is 36.2 Å². The molecule has 0 atom stereocenters. The van der Waals surface area contributed by atoms with Gasteiger partial charge in [0.1, 0.15) is 5.82 Å². The van der Waals surface area contributed by atoms with Gasteiger partial charge in [0, 0.05) is 17.7 Å². The Balaban J connectivity index is 2.01. The van der Waals surface area contributed by atoms with E-state index in [1.54, 1.807) is 0 Å². The molecule has 0 radical (unpaired) electrons. The largest absolute Gasteiger partial charge is 0.346 e. The first kappa shape index (κ1) is 10.7. The highest BCUT2D eigenvalue weighted by Gasteiger charge is 2.23. The Hall–Kier alpha value is -0.830. The van der Waals surface area contributed by atoms with Gasteiger partial charge in [-0.15, -0.1) is 0 Å². The summed E-state index contributed by atoms with van der Waals surface area (Å²) in [6.45, 7) is 4.18. The van der Waals surface area contributed by atoms with Gasteiger partial charge in [-0.05, 0) is 46.6 Å². The van der Waals surface area contributed by atoms with Crippen molar-refractivity contribution in [2.45, 2.75) is 51.5 Å². The molecule has 0 bridgehead atoms. The zero-order valence-electron chi connectivity index (χ0n) is 9.93. The third kappa shape index (κ3) is 2.23. The quantitative estimate of drug-likeness (QED) is 0.781. The molecular weight excluding hydrogens is 186 g/mol. The van der Waals surface area contributed by atoms with E-state index in [-0.39, 0.29) is 0 Å². The van der Waals surface area contributed by atoms with Crippen molar-refractivity contribution >= 4 is 0 Å². The lowest BCUT2D eigenvalue weighted by atomic mass is 9.86. The summed E-state index contributed by atoms with van der Waals surface area (Å²) in [7, 11) is 2.06. The number of hydrogen-bond acceptors (Lipinski definition) is 2. The second-order valence-electron chi connectivity index (χ2n) is 4.67. The van der Waals surface area contributed by atoms with Crippen LogP contribution in [0.2, 0.25) is 0 Å². The van der Waals surface area contributed by atoms with Gasteiger partial charge < -0.3 is 10.3 Å². The van der Waals surface area contributed by atoms with Crippen molar-refractivity contribution in [2.75, 3.05) is 7.05 Å². The molecule has 0 aliphatic heterocycles. The van der Waals surface area contributed by atoms with Crippen LogP contribution in [-0.4, -0.2) is 23.1 Å². The monoisotopic (exact) mass is 207 g/mol. The summed E-state index contributed by atoms with van der Waals surface area (Å²) in [6.07, 6.45) is 5.08. The highest BCUT2D eigenvalue weighted by atomic mass is 14.9. The van der Waals surface area contributed by atoms with Crippen LogP contribution in [0.5, 0.6) is 0 Å². The molecule has 1 aromatic heterocycles. The van der Waals surface area contributed by atoms with Gasteiger partial charge in [0.2, 0.25) is 0 Å². The van der Waals surface area contributed by atoms with Crippen molar-refractivity contribution in [1.82, 2.24) is 15.3 Å². The first-order valence-corrected chi connectivity index (χ1v) is 5.91. The minimum Gasteiger partial charge on any atom is -0.346 e. The topological polar surface area (TPSA) is 40.7 Å². The number of nitrogens with one attached hydrogen (secondary N) is 2. The third-order valence-corrected chi connectivity index (χ3v) is 3.67. The van der Waals surface area contributed by atoms with E-state index in [0.717, 1.165) is 11.7 Å². The Morgan fingerprint density at radius 2 is 1.87 bits per heavy atom. The number of aromatic nitrogens is 2. The van der Waals surface area contributed by atoms with E-state index in [1.165, 1.54) is 37.2 Å². The fraction of sp³-hybridized carbons (Fsp3) is 0.750. The fourth-order valence-electron chi connectivity index (χ4n) is 2.42. The number of rotatable bonds is 2. The third-order valence-electron chi connectivity index (χ3n) is 3.67. The van der Waals surface area contributed by atoms with Crippen LogP contribution < -0.4 is 5.32 Å². The molecule has 1 fully saturated rings. The molecule has 3 heteroatoms. The van der Waals surface area contributed by atoms with Crippen molar-refractivity contribution in [3.8, 4) is 0 Å². The Labute approximate surface area is 91.7 Å². The van der Waals surface area contributed by atoms with Crippen LogP contribution in [0.15, 0.2) is 0 Å². The predicted molar refractivity (Wildman–Crippen MR) is 62.1 cm³/mol. The van der Waals surface area contributed by atoms with E-state index in [9.17, 15) is 0 Å². The van der Waals surface area contributed by atoms with E-state index < -0.39 is 0 Å². The van der Waals surface area contributed by atoms with Crippen molar-refractivity contribution in [1.29, 1.82) is 0 Å². The molecule has 1 aromatic rings. The van der Waals surface area contributed by atoms with Crippen molar-refractivity contribution in [3.63, 3.8) is 0 Å². The molecular formula is C12H21N3. The van der Waals surface area contributed by atoms with Gasteiger partial charge in [-0.2, -0.15) is 0 Å². The zero-order valence-corrected chi connectivity index (χ0v) is 9.93. The van der Waals surface area contributed by atoms with Crippen LogP contribution in [0, 0.1) is 13.8 Å². The number of H-pyrrole nitrogens is 1. The van der Waals surface area contributed by atoms with Gasteiger partial charge in [0.05, 0.1) is 5.69 Å². The normalized spacial score (nSPS) is 26.9. The maximum atomic E-state index is 4.61. The molecule has 15 heavy (non-hydrogen) atoms. The smallest absolute Gasteiger partial charge is 0.109 e. The van der Waals surface area contributed by atoms with E-state index >= 15 is 0 Å². The van der Waals surface area contributed by atoms with Gasteiger partial charge in [-0.3, -0.25) is 0 Å². The van der Waals surface area contributed by atoms with Gasteiger partial charge in [-0.1, -0.05) is 0 Å². The number of imidazole rings is 1. The van der Waals surface area contributed by atoms with Crippen LogP contribution in [0.25, 0.3) is 0 Å². The van der Waals surface area contributed by atoms with Gasteiger partial charge in [0.15, 0.2) is 0 Å². The lowest BCUT2D eigenvalue weighted by Crippen LogP contribution is -2.29. The van der Waals surface area contributed by atoms with E-state index in [4.69, 9.17) is 0 Å². The highest BCUT2D eigenvalue weighted by molar-refractivity contribution is 5.14. The van der Waals surface area contributed by atoms with Crippen LogP contribution in [0.4, 0.5) is 0 Å². The van der Waals surface area contributed by atoms with Gasteiger partial charge in [-0.25, -0.2) is 4.98 Å². The minimum absolute atomic E-state index is 0.655. The van der Waals surface area contributed by atoms with Crippen LogP contribution >= 0.6 is 0 Å². The summed E-state index contributed by atoms with van der Waals surface area (Å²) in [6, 6.07) is 0.721. The van der Waals surface area contributed by atoms with E-state index in [0.29, 0.717) is 5.92 Å². The summed E-state index contributed by atoms with van der Waals surface area (Å²) in [4.78, 5) is 8.02. The molecule has 3 nitrogen and oxygen atoms in total. The van der Waals surface area contributed by atoms with E-state index in [1.807, 2.05) is 0 Å². The molecule has 0 aromatic carbocycles. The lowest BCUT2D eigenvalue weighted by molar-refractivity contribution is 0.351. The zero-order chi connectivity index (χ0) is 10.8. The Morgan fingerprint density at radius 1 is 1.20 bits per heavy atom. The number of nitrogens with zero attached hydrogens (tertiary/aromatic N) is 1. The Morgan fingerprint density at radius 3 is 2.33 bits per heavy atom. The van der Waals surface area contributed by atoms with Crippen LogP contribution in [-0.2, 0) is 0 Å². The SMILES string of the molecule is CNC1CCC(c2nc(C)c(C)[nH]2)CC1. The first-order valence-electron chi connectivity index (χ1n) is 5.91. The molecule has 1 heterocycles. The maximum absolute atomic E-state index is 4.61. The Bertz CT molecular complexity index is 302. The molecule has 1 aliphatic carbocycles. The average molecular weight is 207 g/mol. The predicted octanol–water partition coefficient (Wildman–Crippen LogP) is 2.27. The van der Waals surface area contributed by atoms with Crippen LogP contribution in [0.3, 0.4) is 0 Å². The molecule has 0 amide bonds. The molecule has 0 spiro atoms. The van der Waals surface area contributed by atoms with Gasteiger partial charge >= 0.3 is 0 Å². The molecule has 84 valence electrons. The standard InChI is InChI=1S/C12H21N3/c1-8-9(2)15-12(14-8)10-4-6-11(13-3)7-5-10/h10-11,13H,4-7H2,1-3H3,(H,14,15). The van der Waals surface area contributed by atoms with Crippen molar-refractivity contribution in [3.05, 3.63) is 17.2 Å². The molecule has 0 saturated heterocycles. The summed E-state index contributed by atoms with van der Waals surface area (Å²) >= 11 is 0. The van der Waals surface area contributed by atoms with Crippen LogP contribution in [0.1, 0.15) is 48.8 Å². The summed E-state index contributed by atoms with van der Waals surface area (Å²) in [5.74, 6) is 1.86. The number of aromatic amines is 1. The average Bonchev–Trinajstić information content (AvgIpc) is 2.59. The van der Waals surface area contributed by atoms with Gasteiger partial charge in [0.25, 0.3) is 0 Å².